The summed E-state index contributed by atoms with van der Waals surface area (Å²) < 4.78 is 8.26. The van der Waals surface area contributed by atoms with Crippen LogP contribution in [0.25, 0.3) is 6.08 Å². The molecule has 1 fully saturated rings. The standard InChI is InChI=1S/C18H11Br3N2O4/c19-11-3-1-9(2-4-11)8-27-15-10(5-12(20)7-14(15)21)6-13-16(24)22-18(26)23-17(13)25/h1-7H,8H2,(H2,22,23,24,25,26). The molecule has 1 aliphatic heterocycles. The summed E-state index contributed by atoms with van der Waals surface area (Å²) in [6.07, 6.45) is 1.38. The Hall–Kier alpha value is -1.97. The molecule has 1 aliphatic rings. The Balaban J connectivity index is 1.94. The summed E-state index contributed by atoms with van der Waals surface area (Å²) in [7, 11) is 0. The van der Waals surface area contributed by atoms with E-state index < -0.39 is 17.8 Å². The number of imide groups is 2. The minimum atomic E-state index is -0.843. The van der Waals surface area contributed by atoms with Crippen LogP contribution in [0.2, 0.25) is 0 Å². The lowest BCUT2D eigenvalue weighted by Gasteiger charge is -2.16. The van der Waals surface area contributed by atoms with Gasteiger partial charge in [0, 0.05) is 14.5 Å². The highest BCUT2D eigenvalue weighted by Crippen LogP contribution is 2.35. The third-order valence-corrected chi connectivity index (χ3v) is 5.15. The predicted molar refractivity (Wildman–Crippen MR) is 110 cm³/mol. The molecule has 0 aromatic heterocycles. The van der Waals surface area contributed by atoms with Crippen LogP contribution in [0, 0.1) is 0 Å². The van der Waals surface area contributed by atoms with Gasteiger partial charge in [-0.1, -0.05) is 44.0 Å². The van der Waals surface area contributed by atoms with Crippen molar-refractivity contribution >= 4 is 71.7 Å². The van der Waals surface area contributed by atoms with Gasteiger partial charge in [0.2, 0.25) is 0 Å². The summed E-state index contributed by atoms with van der Waals surface area (Å²) in [5.41, 5.74) is 1.27. The summed E-state index contributed by atoms with van der Waals surface area (Å²) in [6, 6.07) is 10.3. The van der Waals surface area contributed by atoms with E-state index in [1.807, 2.05) is 34.9 Å². The zero-order chi connectivity index (χ0) is 19.6. The van der Waals surface area contributed by atoms with Gasteiger partial charge < -0.3 is 4.74 Å². The molecule has 0 atom stereocenters. The first-order valence-electron chi connectivity index (χ1n) is 7.58. The predicted octanol–water partition coefficient (Wildman–Crippen LogP) is 4.30. The van der Waals surface area contributed by atoms with E-state index in [2.05, 4.69) is 47.8 Å². The Labute approximate surface area is 179 Å². The SMILES string of the molecule is O=C1NC(=O)C(=Cc2cc(Br)cc(Br)c2OCc2ccc(Br)cc2)C(=O)N1. The van der Waals surface area contributed by atoms with Crippen molar-refractivity contribution in [2.75, 3.05) is 0 Å². The first-order chi connectivity index (χ1) is 12.8. The molecule has 0 saturated carbocycles. The highest BCUT2D eigenvalue weighted by molar-refractivity contribution is 9.11. The minimum Gasteiger partial charge on any atom is -0.487 e. The molecular formula is C18H11Br3N2O4. The van der Waals surface area contributed by atoms with Gasteiger partial charge in [-0.3, -0.25) is 20.2 Å². The number of nitrogens with one attached hydrogen (secondary N) is 2. The molecule has 0 aliphatic carbocycles. The summed E-state index contributed by atoms with van der Waals surface area (Å²) in [5, 5.41) is 4.09. The lowest BCUT2D eigenvalue weighted by atomic mass is 10.1. The van der Waals surface area contributed by atoms with E-state index in [4.69, 9.17) is 4.74 Å². The van der Waals surface area contributed by atoms with Crippen LogP contribution in [-0.2, 0) is 16.2 Å². The number of rotatable bonds is 4. The molecule has 0 radical (unpaired) electrons. The highest BCUT2D eigenvalue weighted by Gasteiger charge is 2.28. The molecular weight excluding hydrogens is 548 g/mol. The number of hydrogen-bond donors (Lipinski definition) is 2. The molecule has 4 amide bonds. The van der Waals surface area contributed by atoms with Crippen LogP contribution in [0.4, 0.5) is 4.79 Å². The summed E-state index contributed by atoms with van der Waals surface area (Å²) in [5.74, 6) is -1.07. The molecule has 2 aromatic rings. The quantitative estimate of drug-likeness (QED) is 0.433. The Morgan fingerprint density at radius 3 is 2.15 bits per heavy atom. The molecule has 3 rings (SSSR count). The van der Waals surface area contributed by atoms with Crippen molar-refractivity contribution in [3.63, 3.8) is 0 Å². The maximum atomic E-state index is 12.0. The third kappa shape index (κ3) is 4.85. The maximum Gasteiger partial charge on any atom is 0.328 e. The van der Waals surface area contributed by atoms with E-state index in [1.165, 1.54) is 6.08 Å². The highest BCUT2D eigenvalue weighted by atomic mass is 79.9. The number of barbiturate groups is 1. The minimum absolute atomic E-state index is 0.187. The van der Waals surface area contributed by atoms with Crippen LogP contribution in [0.3, 0.4) is 0 Å². The second-order valence-corrected chi connectivity index (χ2v) is 8.20. The van der Waals surface area contributed by atoms with Gasteiger partial charge in [-0.15, -0.1) is 0 Å². The van der Waals surface area contributed by atoms with Crippen molar-refractivity contribution in [3.8, 4) is 5.75 Å². The fourth-order valence-corrected chi connectivity index (χ4v) is 3.97. The molecule has 0 unspecified atom stereocenters. The zero-order valence-electron chi connectivity index (χ0n) is 13.5. The topological polar surface area (TPSA) is 84.5 Å². The van der Waals surface area contributed by atoms with Gasteiger partial charge in [0.25, 0.3) is 11.8 Å². The average Bonchev–Trinajstić information content (AvgIpc) is 2.58. The number of benzene rings is 2. The Kier molecular flexibility index (Phi) is 6.13. The molecule has 138 valence electrons. The van der Waals surface area contributed by atoms with Crippen LogP contribution >= 0.6 is 47.8 Å². The zero-order valence-corrected chi connectivity index (χ0v) is 18.3. The summed E-state index contributed by atoms with van der Waals surface area (Å²) >= 11 is 10.2. The Morgan fingerprint density at radius 1 is 0.889 bits per heavy atom. The monoisotopic (exact) mass is 556 g/mol. The van der Waals surface area contributed by atoms with Gasteiger partial charge in [0.05, 0.1) is 4.47 Å². The molecule has 2 N–H and O–H groups in total. The van der Waals surface area contributed by atoms with Crippen LogP contribution in [0.1, 0.15) is 11.1 Å². The lowest BCUT2D eigenvalue weighted by Crippen LogP contribution is -2.51. The van der Waals surface area contributed by atoms with E-state index in [0.29, 0.717) is 22.4 Å². The number of amides is 4. The maximum absolute atomic E-state index is 12.0. The van der Waals surface area contributed by atoms with Gasteiger partial charge in [-0.25, -0.2) is 4.79 Å². The molecule has 6 nitrogen and oxygen atoms in total. The number of ether oxygens (including phenoxy) is 1. The van der Waals surface area contributed by atoms with Gasteiger partial charge >= 0.3 is 6.03 Å². The number of hydrogen-bond acceptors (Lipinski definition) is 4. The molecule has 0 spiro atoms. The largest absolute Gasteiger partial charge is 0.487 e. The van der Waals surface area contributed by atoms with E-state index >= 15 is 0 Å². The Bertz CT molecular complexity index is 949. The fraction of sp³-hybridized carbons (Fsp3) is 0.0556. The van der Waals surface area contributed by atoms with Crippen molar-refractivity contribution in [2.24, 2.45) is 0 Å². The normalized spacial score (nSPS) is 13.9. The summed E-state index contributed by atoms with van der Waals surface area (Å²) in [4.78, 5) is 35.2. The molecule has 0 bridgehead atoms. The van der Waals surface area contributed by atoms with E-state index in [0.717, 1.165) is 14.5 Å². The van der Waals surface area contributed by atoms with Crippen molar-refractivity contribution in [3.05, 3.63) is 66.5 Å². The first kappa shape index (κ1) is 19.8. The van der Waals surface area contributed by atoms with Crippen molar-refractivity contribution < 1.29 is 19.1 Å². The average molecular weight is 559 g/mol. The van der Waals surface area contributed by atoms with Crippen molar-refractivity contribution in [1.82, 2.24) is 10.6 Å². The van der Waals surface area contributed by atoms with Crippen LogP contribution in [0.5, 0.6) is 5.75 Å². The second kappa shape index (κ2) is 8.37. The number of halogens is 3. The van der Waals surface area contributed by atoms with Gasteiger partial charge in [-0.2, -0.15) is 0 Å². The third-order valence-electron chi connectivity index (χ3n) is 3.58. The van der Waals surface area contributed by atoms with Crippen LogP contribution in [0.15, 0.2) is 55.4 Å². The molecule has 1 heterocycles. The van der Waals surface area contributed by atoms with Crippen molar-refractivity contribution in [2.45, 2.75) is 6.61 Å². The van der Waals surface area contributed by atoms with E-state index in [1.54, 1.807) is 12.1 Å². The summed E-state index contributed by atoms with van der Waals surface area (Å²) in [6.45, 7) is 0.292. The molecule has 2 aromatic carbocycles. The first-order valence-corrected chi connectivity index (χ1v) is 9.96. The fourth-order valence-electron chi connectivity index (χ4n) is 2.34. The number of urea groups is 1. The van der Waals surface area contributed by atoms with Crippen LogP contribution in [-0.4, -0.2) is 17.8 Å². The van der Waals surface area contributed by atoms with Gasteiger partial charge in [0.1, 0.15) is 17.9 Å². The van der Waals surface area contributed by atoms with Gasteiger partial charge in [0.15, 0.2) is 0 Å². The lowest BCUT2D eigenvalue weighted by molar-refractivity contribution is -0.123. The Morgan fingerprint density at radius 2 is 1.52 bits per heavy atom. The van der Waals surface area contributed by atoms with E-state index in [-0.39, 0.29) is 5.57 Å². The molecule has 9 heteroatoms. The van der Waals surface area contributed by atoms with E-state index in [9.17, 15) is 14.4 Å². The molecule has 1 saturated heterocycles. The van der Waals surface area contributed by atoms with Crippen molar-refractivity contribution in [1.29, 1.82) is 0 Å². The number of carbonyl (C=O) groups excluding carboxylic acids is 3. The van der Waals surface area contributed by atoms with Gasteiger partial charge in [-0.05, 0) is 51.8 Å². The van der Waals surface area contributed by atoms with Crippen LogP contribution < -0.4 is 15.4 Å². The second-order valence-electron chi connectivity index (χ2n) is 5.52. The smallest absolute Gasteiger partial charge is 0.328 e. The number of carbonyl (C=O) groups is 3. The molecule has 27 heavy (non-hydrogen) atoms.